The van der Waals surface area contributed by atoms with Crippen molar-refractivity contribution in [1.82, 2.24) is 5.01 Å². The van der Waals surface area contributed by atoms with Crippen molar-refractivity contribution in [2.24, 2.45) is 11.0 Å². The van der Waals surface area contributed by atoms with E-state index in [1.54, 1.807) is 23.4 Å². The molecule has 1 heterocycles. The maximum absolute atomic E-state index is 10.8. The Morgan fingerprint density at radius 2 is 2.46 bits per heavy atom. The zero-order chi connectivity index (χ0) is 9.42. The smallest absolute Gasteiger partial charge is 0.332 e. The van der Waals surface area contributed by atoms with Crippen LogP contribution in [0.4, 0.5) is 0 Å². The number of allylic oxidation sites excluding steroid dienone is 2. The molecule has 68 valence electrons. The minimum Gasteiger partial charge on any atom is -0.478 e. The van der Waals surface area contributed by atoms with Gasteiger partial charge >= 0.3 is 5.97 Å². The largest absolute Gasteiger partial charge is 0.478 e. The molecule has 0 saturated carbocycles. The van der Waals surface area contributed by atoms with E-state index in [-0.39, 0.29) is 12.0 Å². The fraction of sp³-hybridized carbons (Fsp3) is 0.333. The molecule has 0 fully saturated rings. The Morgan fingerprint density at radius 1 is 1.69 bits per heavy atom. The quantitative estimate of drug-likeness (QED) is 0.635. The highest BCUT2D eigenvalue weighted by molar-refractivity contribution is 5.93. The minimum absolute atomic E-state index is 0.0797. The van der Waals surface area contributed by atoms with E-state index in [9.17, 15) is 4.79 Å². The molecule has 13 heavy (non-hydrogen) atoms. The summed E-state index contributed by atoms with van der Waals surface area (Å²) < 4.78 is 0. The van der Waals surface area contributed by atoms with Crippen LogP contribution < -0.4 is 0 Å². The normalized spacial score (nSPS) is 30.2. The Balaban J connectivity index is 2.32. The first kappa shape index (κ1) is 8.04. The summed E-state index contributed by atoms with van der Waals surface area (Å²) in [6.45, 7) is 0. The molecule has 2 rings (SSSR count). The Kier molecular flexibility index (Phi) is 1.69. The van der Waals surface area contributed by atoms with Crippen molar-refractivity contribution in [2.45, 2.75) is 6.04 Å². The van der Waals surface area contributed by atoms with Gasteiger partial charge in [-0.3, -0.25) is 5.01 Å². The lowest BCUT2D eigenvalue weighted by atomic mass is 9.89. The van der Waals surface area contributed by atoms with Gasteiger partial charge in [0.25, 0.3) is 0 Å². The zero-order valence-electron chi connectivity index (χ0n) is 7.21. The van der Waals surface area contributed by atoms with Crippen molar-refractivity contribution < 1.29 is 9.90 Å². The maximum atomic E-state index is 10.8. The van der Waals surface area contributed by atoms with E-state index in [2.05, 4.69) is 5.10 Å². The van der Waals surface area contributed by atoms with Crippen molar-refractivity contribution in [3.63, 3.8) is 0 Å². The van der Waals surface area contributed by atoms with Crippen LogP contribution in [-0.4, -0.2) is 35.4 Å². The van der Waals surface area contributed by atoms with Crippen LogP contribution >= 0.6 is 0 Å². The molecule has 0 bridgehead atoms. The fourth-order valence-corrected chi connectivity index (χ4v) is 1.68. The number of carbonyl (C=O) groups is 1. The van der Waals surface area contributed by atoms with Crippen LogP contribution in [-0.2, 0) is 4.79 Å². The molecule has 0 radical (unpaired) electrons. The monoisotopic (exact) mass is 178 g/mol. The summed E-state index contributed by atoms with van der Waals surface area (Å²) in [6, 6.07) is 0.0797. The predicted molar refractivity (Wildman–Crippen MR) is 48.4 cm³/mol. The van der Waals surface area contributed by atoms with Gasteiger partial charge < -0.3 is 5.11 Å². The van der Waals surface area contributed by atoms with E-state index >= 15 is 0 Å². The second-order valence-electron chi connectivity index (χ2n) is 3.17. The van der Waals surface area contributed by atoms with Gasteiger partial charge in [-0.1, -0.05) is 18.2 Å². The van der Waals surface area contributed by atoms with Crippen molar-refractivity contribution >= 4 is 12.2 Å². The van der Waals surface area contributed by atoms with Gasteiger partial charge in [0.1, 0.15) is 0 Å². The van der Waals surface area contributed by atoms with Crippen LogP contribution in [0.15, 0.2) is 28.9 Å². The summed E-state index contributed by atoms with van der Waals surface area (Å²) in [5.74, 6) is -0.950. The lowest BCUT2D eigenvalue weighted by molar-refractivity contribution is -0.133. The lowest BCUT2D eigenvalue weighted by Gasteiger charge is -2.23. The van der Waals surface area contributed by atoms with Gasteiger partial charge in [0.05, 0.1) is 12.0 Å². The van der Waals surface area contributed by atoms with E-state index in [1.807, 2.05) is 13.1 Å². The summed E-state index contributed by atoms with van der Waals surface area (Å²) in [6.07, 6.45) is 7.06. The molecule has 1 aliphatic carbocycles. The standard InChI is InChI=1S/C9H10N2O2/c1-11-8-4-2-3-6(9(12)13)7(8)5-10-11/h2-5,7-8H,1H3,(H,12,13). The van der Waals surface area contributed by atoms with E-state index in [0.717, 1.165) is 0 Å². The van der Waals surface area contributed by atoms with Crippen molar-refractivity contribution in [1.29, 1.82) is 0 Å². The zero-order valence-corrected chi connectivity index (χ0v) is 7.21. The molecule has 0 spiro atoms. The van der Waals surface area contributed by atoms with Crippen molar-refractivity contribution in [2.75, 3.05) is 7.05 Å². The van der Waals surface area contributed by atoms with Crippen LogP contribution in [0.1, 0.15) is 0 Å². The summed E-state index contributed by atoms with van der Waals surface area (Å²) in [4.78, 5) is 10.8. The Bertz CT molecular complexity index is 331. The average Bonchev–Trinajstić information content (AvgIpc) is 2.48. The molecule has 2 atom stereocenters. The molecule has 1 N–H and O–H groups in total. The molecule has 4 heteroatoms. The SMILES string of the molecule is CN1N=CC2C(C(=O)O)=CC=CC21. The van der Waals surface area contributed by atoms with Crippen molar-refractivity contribution in [3.05, 3.63) is 23.8 Å². The number of fused-ring (bicyclic) bond motifs is 1. The van der Waals surface area contributed by atoms with Gasteiger partial charge in [-0.15, -0.1) is 0 Å². The number of rotatable bonds is 1. The summed E-state index contributed by atoms with van der Waals surface area (Å²) >= 11 is 0. The van der Waals surface area contributed by atoms with E-state index < -0.39 is 5.97 Å². The molecule has 1 aliphatic heterocycles. The number of aliphatic carboxylic acids is 1. The number of carboxylic acids is 1. The van der Waals surface area contributed by atoms with Crippen LogP contribution in [0.5, 0.6) is 0 Å². The minimum atomic E-state index is -0.860. The second kappa shape index (κ2) is 2.73. The van der Waals surface area contributed by atoms with E-state index in [0.29, 0.717) is 5.57 Å². The maximum Gasteiger partial charge on any atom is 0.332 e. The Hall–Kier alpha value is -1.58. The number of carboxylic acid groups (broad SMARTS) is 1. The highest BCUT2D eigenvalue weighted by atomic mass is 16.4. The van der Waals surface area contributed by atoms with Gasteiger partial charge in [-0.25, -0.2) is 4.79 Å². The molecule has 0 aromatic rings. The molecule has 0 aromatic carbocycles. The van der Waals surface area contributed by atoms with Crippen LogP contribution in [0.3, 0.4) is 0 Å². The number of likely N-dealkylation sites (N-methyl/N-ethyl adjacent to an activating group) is 1. The van der Waals surface area contributed by atoms with Crippen molar-refractivity contribution in [3.8, 4) is 0 Å². The van der Waals surface area contributed by atoms with E-state index in [1.165, 1.54) is 0 Å². The van der Waals surface area contributed by atoms with Gasteiger partial charge in [-0.05, 0) is 0 Å². The van der Waals surface area contributed by atoms with Gasteiger partial charge in [-0.2, -0.15) is 5.10 Å². The molecule has 2 unspecified atom stereocenters. The molecule has 0 aromatic heterocycles. The summed E-state index contributed by atoms with van der Waals surface area (Å²) in [5, 5.41) is 14.7. The third kappa shape index (κ3) is 1.14. The topological polar surface area (TPSA) is 52.9 Å². The van der Waals surface area contributed by atoms with Crippen LogP contribution in [0.2, 0.25) is 0 Å². The number of hydrogen-bond acceptors (Lipinski definition) is 3. The predicted octanol–water partition coefficient (Wildman–Crippen LogP) is 0.483. The molecule has 2 aliphatic rings. The number of hydrazone groups is 1. The van der Waals surface area contributed by atoms with Gasteiger partial charge in [0.2, 0.25) is 0 Å². The first-order valence-electron chi connectivity index (χ1n) is 4.09. The lowest BCUT2D eigenvalue weighted by Crippen LogP contribution is -2.32. The average molecular weight is 178 g/mol. The summed E-state index contributed by atoms with van der Waals surface area (Å²) in [5.41, 5.74) is 0.417. The molecule has 0 saturated heterocycles. The second-order valence-corrected chi connectivity index (χ2v) is 3.17. The molecular formula is C9H10N2O2. The van der Waals surface area contributed by atoms with Gasteiger partial charge in [0.15, 0.2) is 0 Å². The fourth-order valence-electron chi connectivity index (χ4n) is 1.68. The van der Waals surface area contributed by atoms with Gasteiger partial charge in [0, 0.05) is 18.8 Å². The molecule has 4 nitrogen and oxygen atoms in total. The van der Waals surface area contributed by atoms with Crippen LogP contribution in [0.25, 0.3) is 0 Å². The highest BCUT2D eigenvalue weighted by Crippen LogP contribution is 2.27. The number of nitrogens with zero attached hydrogens (tertiary/aromatic N) is 2. The third-order valence-corrected chi connectivity index (χ3v) is 2.40. The van der Waals surface area contributed by atoms with Crippen LogP contribution in [0, 0.1) is 5.92 Å². The molecular weight excluding hydrogens is 168 g/mol. The highest BCUT2D eigenvalue weighted by Gasteiger charge is 2.33. The number of hydrogen-bond donors (Lipinski definition) is 1. The molecule has 0 amide bonds. The first-order chi connectivity index (χ1) is 6.20. The Labute approximate surface area is 75.8 Å². The van der Waals surface area contributed by atoms with E-state index in [4.69, 9.17) is 5.11 Å². The first-order valence-corrected chi connectivity index (χ1v) is 4.09. The third-order valence-electron chi connectivity index (χ3n) is 2.40. The summed E-state index contributed by atoms with van der Waals surface area (Å²) in [7, 11) is 1.84. The Morgan fingerprint density at radius 3 is 3.15 bits per heavy atom.